The highest BCUT2D eigenvalue weighted by atomic mass is 32.1. The summed E-state index contributed by atoms with van der Waals surface area (Å²) in [6, 6.07) is 4.85. The van der Waals surface area contributed by atoms with E-state index in [1.54, 1.807) is 23.5 Å². The Balaban J connectivity index is 1.98. The number of aromatic nitrogens is 1. The standard InChI is InChI=1S/C15H20FN3OS/c1-4-19(5-2)15-18-10-12(21-15)9-17-11-6-7-14(20-3)13(16)8-11/h6-8,10,17H,4-5,9H2,1-3H3. The maximum Gasteiger partial charge on any atom is 0.185 e. The highest BCUT2D eigenvalue weighted by molar-refractivity contribution is 7.15. The molecule has 4 nitrogen and oxygen atoms in total. The minimum absolute atomic E-state index is 0.252. The molecule has 0 fully saturated rings. The quantitative estimate of drug-likeness (QED) is 0.845. The van der Waals surface area contributed by atoms with Crippen molar-refractivity contribution in [3.63, 3.8) is 0 Å². The molecule has 0 unspecified atom stereocenters. The maximum absolute atomic E-state index is 13.6. The molecule has 0 saturated heterocycles. The second-order valence-corrected chi connectivity index (χ2v) is 5.58. The van der Waals surface area contributed by atoms with Crippen LogP contribution in [0.3, 0.4) is 0 Å². The summed E-state index contributed by atoms with van der Waals surface area (Å²) in [6.07, 6.45) is 1.87. The van der Waals surface area contributed by atoms with Crippen molar-refractivity contribution in [3.8, 4) is 5.75 Å². The highest BCUT2D eigenvalue weighted by Gasteiger charge is 2.08. The summed E-state index contributed by atoms with van der Waals surface area (Å²) in [5, 5.41) is 4.22. The predicted octanol–water partition coefficient (Wildman–Crippen LogP) is 3.75. The molecule has 1 aromatic heterocycles. The highest BCUT2D eigenvalue weighted by Crippen LogP contribution is 2.24. The number of nitrogens with zero attached hydrogens (tertiary/aromatic N) is 2. The fraction of sp³-hybridized carbons (Fsp3) is 0.400. The van der Waals surface area contributed by atoms with Gasteiger partial charge in [0, 0.05) is 35.9 Å². The van der Waals surface area contributed by atoms with E-state index in [4.69, 9.17) is 4.74 Å². The first-order valence-electron chi connectivity index (χ1n) is 6.95. The minimum Gasteiger partial charge on any atom is -0.494 e. The first-order chi connectivity index (χ1) is 10.2. The van der Waals surface area contributed by atoms with Crippen molar-refractivity contribution < 1.29 is 9.13 Å². The average molecular weight is 309 g/mol. The molecule has 1 heterocycles. The third-order valence-electron chi connectivity index (χ3n) is 3.19. The number of rotatable bonds is 7. The van der Waals surface area contributed by atoms with Gasteiger partial charge in [0.25, 0.3) is 0 Å². The molecule has 0 aliphatic carbocycles. The first-order valence-corrected chi connectivity index (χ1v) is 7.76. The van der Waals surface area contributed by atoms with Crippen LogP contribution in [0.5, 0.6) is 5.75 Å². The van der Waals surface area contributed by atoms with Gasteiger partial charge in [0.15, 0.2) is 16.7 Å². The van der Waals surface area contributed by atoms with E-state index in [1.807, 2.05) is 6.20 Å². The zero-order valence-corrected chi connectivity index (χ0v) is 13.3. The van der Waals surface area contributed by atoms with Gasteiger partial charge in [-0.2, -0.15) is 0 Å². The van der Waals surface area contributed by atoms with E-state index < -0.39 is 0 Å². The van der Waals surface area contributed by atoms with Gasteiger partial charge in [-0.15, -0.1) is 11.3 Å². The Hall–Kier alpha value is -1.82. The van der Waals surface area contributed by atoms with Gasteiger partial charge in [-0.05, 0) is 26.0 Å². The number of anilines is 2. The fourth-order valence-electron chi connectivity index (χ4n) is 1.98. The number of thiazole rings is 1. The third-order valence-corrected chi connectivity index (χ3v) is 4.25. The van der Waals surface area contributed by atoms with Crippen LogP contribution in [0.1, 0.15) is 18.7 Å². The van der Waals surface area contributed by atoms with Crippen molar-refractivity contribution in [2.45, 2.75) is 20.4 Å². The number of hydrogen-bond donors (Lipinski definition) is 1. The molecule has 0 saturated carbocycles. The van der Waals surface area contributed by atoms with Crippen molar-refractivity contribution >= 4 is 22.2 Å². The Morgan fingerprint density at radius 3 is 2.71 bits per heavy atom. The van der Waals surface area contributed by atoms with Crippen molar-refractivity contribution in [1.29, 1.82) is 0 Å². The monoisotopic (exact) mass is 309 g/mol. The van der Waals surface area contributed by atoms with E-state index in [1.165, 1.54) is 13.2 Å². The number of ether oxygens (including phenoxy) is 1. The van der Waals surface area contributed by atoms with Crippen LogP contribution in [0, 0.1) is 5.82 Å². The van der Waals surface area contributed by atoms with Gasteiger partial charge in [-0.25, -0.2) is 9.37 Å². The Morgan fingerprint density at radius 2 is 2.10 bits per heavy atom. The zero-order valence-electron chi connectivity index (χ0n) is 12.5. The number of nitrogens with one attached hydrogen (secondary N) is 1. The lowest BCUT2D eigenvalue weighted by Gasteiger charge is -2.16. The van der Waals surface area contributed by atoms with Crippen molar-refractivity contribution in [3.05, 3.63) is 35.1 Å². The summed E-state index contributed by atoms with van der Waals surface area (Å²) in [5.74, 6) is -0.113. The molecule has 0 spiro atoms. The summed E-state index contributed by atoms with van der Waals surface area (Å²) in [4.78, 5) is 7.75. The van der Waals surface area contributed by atoms with E-state index in [0.717, 1.165) is 28.8 Å². The minimum atomic E-state index is -0.365. The predicted molar refractivity (Wildman–Crippen MR) is 86.0 cm³/mol. The molecule has 0 amide bonds. The van der Waals surface area contributed by atoms with Gasteiger partial charge in [0.2, 0.25) is 0 Å². The molecule has 0 aliphatic rings. The van der Waals surface area contributed by atoms with Crippen LogP contribution in [-0.4, -0.2) is 25.2 Å². The third kappa shape index (κ3) is 3.85. The average Bonchev–Trinajstić information content (AvgIpc) is 2.95. The molecule has 2 aromatic rings. The lowest BCUT2D eigenvalue weighted by Crippen LogP contribution is -2.21. The molecule has 0 bridgehead atoms. The number of methoxy groups -OCH3 is 1. The Bertz CT molecular complexity index is 584. The molecular formula is C15H20FN3OS. The first kappa shape index (κ1) is 15.6. The molecule has 1 N–H and O–H groups in total. The Morgan fingerprint density at radius 1 is 1.33 bits per heavy atom. The second-order valence-electron chi connectivity index (χ2n) is 4.48. The van der Waals surface area contributed by atoms with Gasteiger partial charge in [0.1, 0.15) is 0 Å². The molecule has 0 atom stereocenters. The van der Waals surface area contributed by atoms with Crippen LogP contribution in [0.25, 0.3) is 0 Å². The van der Waals surface area contributed by atoms with Crippen LogP contribution in [0.4, 0.5) is 15.2 Å². The zero-order chi connectivity index (χ0) is 15.2. The molecule has 2 rings (SSSR count). The molecular weight excluding hydrogens is 289 g/mol. The molecule has 1 aromatic carbocycles. The molecule has 6 heteroatoms. The van der Waals surface area contributed by atoms with Crippen LogP contribution < -0.4 is 15.0 Å². The van der Waals surface area contributed by atoms with Gasteiger partial charge in [0.05, 0.1) is 13.7 Å². The summed E-state index contributed by atoms with van der Waals surface area (Å²) in [6.45, 7) is 6.75. The van der Waals surface area contributed by atoms with E-state index >= 15 is 0 Å². The number of halogens is 1. The van der Waals surface area contributed by atoms with Crippen molar-refractivity contribution in [2.75, 3.05) is 30.4 Å². The number of hydrogen-bond acceptors (Lipinski definition) is 5. The lowest BCUT2D eigenvalue weighted by molar-refractivity contribution is 0.386. The SMILES string of the molecule is CCN(CC)c1ncc(CNc2ccc(OC)c(F)c2)s1. The molecule has 21 heavy (non-hydrogen) atoms. The fourth-order valence-corrected chi connectivity index (χ4v) is 2.96. The second kappa shape index (κ2) is 7.26. The number of benzene rings is 1. The normalized spacial score (nSPS) is 10.5. The summed E-state index contributed by atoms with van der Waals surface area (Å²) < 4.78 is 18.5. The largest absolute Gasteiger partial charge is 0.494 e. The van der Waals surface area contributed by atoms with Crippen LogP contribution in [0.15, 0.2) is 24.4 Å². The van der Waals surface area contributed by atoms with E-state index in [0.29, 0.717) is 6.54 Å². The van der Waals surface area contributed by atoms with Crippen LogP contribution >= 0.6 is 11.3 Å². The summed E-state index contributed by atoms with van der Waals surface area (Å²) in [7, 11) is 1.46. The lowest BCUT2D eigenvalue weighted by atomic mass is 10.3. The molecule has 0 radical (unpaired) electrons. The maximum atomic E-state index is 13.6. The van der Waals surface area contributed by atoms with Gasteiger partial charge in [-0.3, -0.25) is 0 Å². The smallest absolute Gasteiger partial charge is 0.185 e. The van der Waals surface area contributed by atoms with Crippen LogP contribution in [-0.2, 0) is 6.54 Å². The van der Waals surface area contributed by atoms with E-state index in [2.05, 4.69) is 29.0 Å². The molecule has 0 aliphatic heterocycles. The molecule has 114 valence electrons. The Labute approximate surface area is 128 Å². The van der Waals surface area contributed by atoms with Gasteiger partial charge in [-0.1, -0.05) is 0 Å². The van der Waals surface area contributed by atoms with Crippen molar-refractivity contribution in [1.82, 2.24) is 4.98 Å². The summed E-state index contributed by atoms with van der Waals surface area (Å²) in [5.41, 5.74) is 0.728. The van der Waals surface area contributed by atoms with Gasteiger partial charge >= 0.3 is 0 Å². The Kier molecular flexibility index (Phi) is 5.38. The van der Waals surface area contributed by atoms with E-state index in [-0.39, 0.29) is 11.6 Å². The van der Waals surface area contributed by atoms with Gasteiger partial charge < -0.3 is 15.0 Å². The van der Waals surface area contributed by atoms with Crippen molar-refractivity contribution in [2.24, 2.45) is 0 Å². The summed E-state index contributed by atoms with van der Waals surface area (Å²) >= 11 is 1.66. The topological polar surface area (TPSA) is 37.4 Å². The van der Waals surface area contributed by atoms with Crippen LogP contribution in [0.2, 0.25) is 0 Å². The van der Waals surface area contributed by atoms with E-state index in [9.17, 15) is 4.39 Å².